The second kappa shape index (κ2) is 5.20. The summed E-state index contributed by atoms with van der Waals surface area (Å²) in [4.78, 5) is 16.4. The van der Waals surface area contributed by atoms with Crippen LogP contribution in [0.15, 0.2) is 12.4 Å². The molecule has 0 aromatic carbocycles. The lowest BCUT2D eigenvalue weighted by Crippen LogP contribution is -2.16. The highest BCUT2D eigenvalue weighted by molar-refractivity contribution is 7.14. The van der Waals surface area contributed by atoms with Gasteiger partial charge in [-0.2, -0.15) is 5.10 Å². The molecule has 1 aliphatic carbocycles. The monoisotopic (exact) mass is 288 g/mol. The summed E-state index contributed by atoms with van der Waals surface area (Å²) in [6.07, 6.45) is 10.0. The van der Waals surface area contributed by atoms with Crippen LogP contribution in [-0.2, 0) is 7.05 Å². The smallest absolute Gasteiger partial charge is 0.262 e. The number of aromatic nitrogens is 3. The number of thiazole rings is 1. The molecule has 2 aromatic rings. The summed E-state index contributed by atoms with van der Waals surface area (Å²) in [6, 6.07) is 0. The molecule has 0 radical (unpaired) electrons. The van der Waals surface area contributed by atoms with Gasteiger partial charge in [0.25, 0.3) is 5.91 Å². The summed E-state index contributed by atoms with van der Waals surface area (Å²) in [5.74, 6) is 0.572. The number of nitrogens with one attached hydrogen (secondary N) is 1. The van der Waals surface area contributed by atoms with Gasteiger partial charge in [-0.3, -0.25) is 9.48 Å². The Bertz CT molecular complexity index is 667. The first-order chi connectivity index (χ1) is 9.69. The van der Waals surface area contributed by atoms with E-state index in [0.29, 0.717) is 10.8 Å². The fourth-order valence-corrected chi connectivity index (χ4v) is 2.89. The van der Waals surface area contributed by atoms with E-state index in [4.69, 9.17) is 0 Å². The standard InChI is InChI=1S/C14H16N4OS/c1-15-14(19)12-8-16-13(20-12)6-5-11-10(9-3-4-9)7-17-18(11)2/h5-9H,3-4H2,1-2H3,(H,15,19)/b6-5+. The average Bonchev–Trinajstić information content (AvgIpc) is 3.07. The van der Waals surface area contributed by atoms with Crippen LogP contribution in [0.3, 0.4) is 0 Å². The van der Waals surface area contributed by atoms with Crippen molar-refractivity contribution in [1.29, 1.82) is 0 Å². The fourth-order valence-electron chi connectivity index (χ4n) is 2.12. The number of amides is 1. The van der Waals surface area contributed by atoms with Gasteiger partial charge in [0.1, 0.15) is 9.88 Å². The van der Waals surface area contributed by atoms with E-state index in [9.17, 15) is 4.79 Å². The molecule has 20 heavy (non-hydrogen) atoms. The second-order valence-electron chi connectivity index (χ2n) is 4.86. The highest BCUT2D eigenvalue weighted by atomic mass is 32.1. The Labute approximate surface area is 121 Å². The number of rotatable bonds is 4. The van der Waals surface area contributed by atoms with E-state index in [1.165, 1.54) is 29.7 Å². The predicted molar refractivity (Wildman–Crippen MR) is 79.6 cm³/mol. The van der Waals surface area contributed by atoms with Gasteiger partial charge in [0, 0.05) is 19.7 Å². The minimum Gasteiger partial charge on any atom is -0.354 e. The third kappa shape index (κ3) is 2.51. The van der Waals surface area contributed by atoms with Crippen LogP contribution in [0.2, 0.25) is 0 Å². The Morgan fingerprint density at radius 3 is 2.95 bits per heavy atom. The number of aryl methyl sites for hydroxylation is 1. The third-order valence-electron chi connectivity index (χ3n) is 3.39. The average molecular weight is 288 g/mol. The quantitative estimate of drug-likeness (QED) is 0.939. The Kier molecular flexibility index (Phi) is 3.40. The zero-order valence-corrected chi connectivity index (χ0v) is 12.3. The molecule has 0 bridgehead atoms. The van der Waals surface area contributed by atoms with E-state index >= 15 is 0 Å². The largest absolute Gasteiger partial charge is 0.354 e. The molecule has 1 aliphatic rings. The lowest BCUT2D eigenvalue weighted by Gasteiger charge is -1.98. The molecule has 0 aliphatic heterocycles. The maximum absolute atomic E-state index is 11.5. The molecule has 6 heteroatoms. The maximum Gasteiger partial charge on any atom is 0.262 e. The van der Waals surface area contributed by atoms with Crippen molar-refractivity contribution in [3.8, 4) is 0 Å². The van der Waals surface area contributed by atoms with Gasteiger partial charge in [0.15, 0.2) is 0 Å². The zero-order chi connectivity index (χ0) is 14.1. The lowest BCUT2D eigenvalue weighted by molar-refractivity contribution is 0.0967. The molecule has 0 unspecified atom stereocenters. The van der Waals surface area contributed by atoms with Crippen LogP contribution in [0.4, 0.5) is 0 Å². The Morgan fingerprint density at radius 2 is 2.25 bits per heavy atom. The molecule has 2 aromatic heterocycles. The molecule has 0 spiro atoms. The molecule has 1 amide bonds. The van der Waals surface area contributed by atoms with Crippen molar-refractivity contribution in [3.63, 3.8) is 0 Å². The van der Waals surface area contributed by atoms with Gasteiger partial charge >= 0.3 is 0 Å². The van der Waals surface area contributed by atoms with Gasteiger partial charge in [-0.05, 0) is 30.9 Å². The third-order valence-corrected chi connectivity index (χ3v) is 4.35. The van der Waals surface area contributed by atoms with Crippen molar-refractivity contribution < 1.29 is 4.79 Å². The normalized spacial score (nSPS) is 14.9. The van der Waals surface area contributed by atoms with Crippen molar-refractivity contribution in [2.45, 2.75) is 18.8 Å². The van der Waals surface area contributed by atoms with Gasteiger partial charge in [-0.25, -0.2) is 4.98 Å². The molecule has 0 saturated heterocycles. The van der Waals surface area contributed by atoms with E-state index in [1.54, 1.807) is 13.2 Å². The van der Waals surface area contributed by atoms with Crippen LogP contribution >= 0.6 is 11.3 Å². The molecule has 1 saturated carbocycles. The predicted octanol–water partition coefficient (Wildman–Crippen LogP) is 2.28. The first kappa shape index (κ1) is 13.1. The van der Waals surface area contributed by atoms with Crippen molar-refractivity contribution in [2.75, 3.05) is 7.05 Å². The van der Waals surface area contributed by atoms with Crippen molar-refractivity contribution >= 4 is 29.4 Å². The van der Waals surface area contributed by atoms with Crippen LogP contribution in [-0.4, -0.2) is 27.7 Å². The zero-order valence-electron chi connectivity index (χ0n) is 11.5. The first-order valence-corrected chi connectivity index (χ1v) is 7.38. The van der Waals surface area contributed by atoms with Crippen LogP contribution in [0.25, 0.3) is 12.2 Å². The number of nitrogens with zero attached hydrogens (tertiary/aromatic N) is 3. The van der Waals surface area contributed by atoms with Crippen LogP contribution in [0.5, 0.6) is 0 Å². The SMILES string of the molecule is CNC(=O)c1cnc(/C=C/c2c(C3CC3)cnn2C)s1. The van der Waals surface area contributed by atoms with Crippen LogP contribution in [0, 0.1) is 0 Å². The van der Waals surface area contributed by atoms with E-state index in [-0.39, 0.29) is 5.91 Å². The lowest BCUT2D eigenvalue weighted by atomic mass is 10.1. The van der Waals surface area contributed by atoms with Gasteiger partial charge in [-0.15, -0.1) is 11.3 Å². The molecule has 104 valence electrons. The Morgan fingerprint density at radius 1 is 1.45 bits per heavy atom. The summed E-state index contributed by atoms with van der Waals surface area (Å²) >= 11 is 1.38. The number of hydrogen-bond donors (Lipinski definition) is 1. The molecule has 1 fully saturated rings. The molecule has 1 N–H and O–H groups in total. The van der Waals surface area contributed by atoms with Crippen LogP contribution < -0.4 is 5.32 Å². The topological polar surface area (TPSA) is 59.8 Å². The Balaban J connectivity index is 1.82. The molecule has 2 heterocycles. The molecular weight excluding hydrogens is 272 g/mol. The number of hydrogen-bond acceptors (Lipinski definition) is 4. The number of carbonyl (C=O) groups excluding carboxylic acids is 1. The fraction of sp³-hybridized carbons (Fsp3) is 0.357. The Hall–Kier alpha value is -1.95. The molecular formula is C14H16N4OS. The highest BCUT2D eigenvalue weighted by Crippen LogP contribution is 2.41. The van der Waals surface area contributed by atoms with Gasteiger partial charge < -0.3 is 5.32 Å². The summed E-state index contributed by atoms with van der Waals surface area (Å²) in [7, 11) is 3.57. The summed E-state index contributed by atoms with van der Waals surface area (Å²) < 4.78 is 1.89. The van der Waals surface area contributed by atoms with Gasteiger partial charge in [0.05, 0.1) is 18.1 Å². The summed E-state index contributed by atoms with van der Waals surface area (Å²) in [5.41, 5.74) is 2.44. The van der Waals surface area contributed by atoms with Crippen LogP contribution in [0.1, 0.15) is 44.7 Å². The molecule has 3 rings (SSSR count). The minimum atomic E-state index is -0.0960. The van der Waals surface area contributed by atoms with Crippen molar-refractivity contribution in [2.24, 2.45) is 7.05 Å². The van der Waals surface area contributed by atoms with E-state index < -0.39 is 0 Å². The summed E-state index contributed by atoms with van der Waals surface area (Å²) in [6.45, 7) is 0. The maximum atomic E-state index is 11.5. The first-order valence-electron chi connectivity index (χ1n) is 6.57. The van der Waals surface area contributed by atoms with Crippen molar-refractivity contribution in [1.82, 2.24) is 20.1 Å². The van der Waals surface area contributed by atoms with E-state index in [1.807, 2.05) is 30.1 Å². The highest BCUT2D eigenvalue weighted by Gasteiger charge is 2.27. The van der Waals surface area contributed by atoms with Gasteiger partial charge in [0.2, 0.25) is 0 Å². The minimum absolute atomic E-state index is 0.0960. The molecule has 0 atom stereocenters. The van der Waals surface area contributed by atoms with Gasteiger partial charge in [-0.1, -0.05) is 0 Å². The molecule has 5 nitrogen and oxygen atoms in total. The van der Waals surface area contributed by atoms with Crippen molar-refractivity contribution in [3.05, 3.63) is 33.5 Å². The number of carbonyl (C=O) groups is 1. The summed E-state index contributed by atoms with van der Waals surface area (Å²) in [5, 5.41) is 7.75. The van der Waals surface area contributed by atoms with E-state index in [2.05, 4.69) is 15.4 Å². The van der Waals surface area contributed by atoms with E-state index in [0.717, 1.165) is 10.7 Å². The second-order valence-corrected chi connectivity index (χ2v) is 5.92.